The van der Waals surface area contributed by atoms with Gasteiger partial charge in [-0.2, -0.15) is 0 Å². The number of ether oxygens (including phenoxy) is 1. The second kappa shape index (κ2) is 25.0. The Labute approximate surface area is 284 Å². The van der Waals surface area contributed by atoms with Gasteiger partial charge in [-0.25, -0.2) is 0 Å². The minimum absolute atomic E-state index is 0.00830. The first-order chi connectivity index (χ1) is 22.9. The van der Waals surface area contributed by atoms with Gasteiger partial charge in [0, 0.05) is 32.6 Å². The molecule has 0 saturated heterocycles. The number of allylic oxidation sites excluding steroid dienone is 12. The van der Waals surface area contributed by atoms with Gasteiger partial charge in [0.1, 0.15) is 5.75 Å². The summed E-state index contributed by atoms with van der Waals surface area (Å²) in [5, 5.41) is 8.21. The van der Waals surface area contributed by atoms with E-state index >= 15 is 0 Å². The molecule has 0 fully saturated rings. The summed E-state index contributed by atoms with van der Waals surface area (Å²) >= 11 is 0. The molecule has 254 valence electrons. The summed E-state index contributed by atoms with van der Waals surface area (Å²) in [6, 6.07) is 12.0. The standard InChI is InChI=1S/C41H57N3O3/c1-5-6-7-8-9-10-11-12-13-14-15-16-17-18-19-20-21-22-23-24-40(45)42-29-31-44(3)32-30-43-41(46)35(2)36-25-26-38-34-39(47-4)28-27-37(38)33-36/h6-7,9-10,12-13,15-16,18-19,21-22,25-28,33-35H,5,8,11,14,17,20,23-24,29-32H2,1-4H3,(H,42,45)(H,43,46)/b7-6-,10-9-,13-12-,16-15-,19-18-,22-21-/t35-/m0/s1. The van der Waals surface area contributed by atoms with E-state index in [1.54, 1.807) is 7.11 Å². The van der Waals surface area contributed by atoms with Gasteiger partial charge in [-0.1, -0.05) is 104 Å². The van der Waals surface area contributed by atoms with Gasteiger partial charge in [0.05, 0.1) is 13.0 Å². The molecule has 0 radical (unpaired) electrons. The van der Waals surface area contributed by atoms with Crippen molar-refractivity contribution in [1.29, 1.82) is 0 Å². The molecular formula is C41H57N3O3. The molecule has 0 aliphatic carbocycles. The molecule has 0 unspecified atom stereocenters. The van der Waals surface area contributed by atoms with E-state index < -0.39 is 0 Å². The Morgan fingerprint density at radius 2 is 1.23 bits per heavy atom. The van der Waals surface area contributed by atoms with E-state index in [0.29, 0.717) is 26.1 Å². The maximum Gasteiger partial charge on any atom is 0.227 e. The van der Waals surface area contributed by atoms with Crippen molar-refractivity contribution in [3.8, 4) is 5.75 Å². The van der Waals surface area contributed by atoms with Crippen molar-refractivity contribution in [3.63, 3.8) is 0 Å². The molecule has 2 N–H and O–H groups in total. The number of hydrogen-bond acceptors (Lipinski definition) is 4. The third-order valence-corrected chi connectivity index (χ3v) is 7.71. The van der Waals surface area contributed by atoms with Crippen molar-refractivity contribution < 1.29 is 14.3 Å². The highest BCUT2D eigenvalue weighted by Gasteiger charge is 2.15. The number of rotatable bonds is 23. The fourth-order valence-electron chi connectivity index (χ4n) is 4.75. The van der Waals surface area contributed by atoms with Gasteiger partial charge in [0.2, 0.25) is 11.8 Å². The van der Waals surface area contributed by atoms with Crippen LogP contribution in [-0.4, -0.2) is 57.1 Å². The average Bonchev–Trinajstić information content (AvgIpc) is 3.08. The van der Waals surface area contributed by atoms with Gasteiger partial charge >= 0.3 is 0 Å². The predicted molar refractivity (Wildman–Crippen MR) is 200 cm³/mol. The first kappa shape index (κ1) is 39.0. The molecule has 47 heavy (non-hydrogen) atoms. The van der Waals surface area contributed by atoms with Gasteiger partial charge in [0.15, 0.2) is 0 Å². The Bertz CT molecular complexity index is 1370. The lowest BCUT2D eigenvalue weighted by molar-refractivity contribution is -0.122. The minimum Gasteiger partial charge on any atom is -0.497 e. The normalized spacial score (nSPS) is 13.0. The van der Waals surface area contributed by atoms with Crippen molar-refractivity contribution in [2.45, 2.75) is 71.1 Å². The second-order valence-corrected chi connectivity index (χ2v) is 11.6. The molecular weight excluding hydrogens is 582 g/mol. The summed E-state index contributed by atoms with van der Waals surface area (Å²) in [5.74, 6) is 0.649. The summed E-state index contributed by atoms with van der Waals surface area (Å²) < 4.78 is 5.30. The molecule has 2 amide bonds. The first-order valence-corrected chi connectivity index (χ1v) is 17.1. The van der Waals surface area contributed by atoms with Gasteiger partial charge in [-0.3, -0.25) is 9.59 Å². The van der Waals surface area contributed by atoms with Crippen LogP contribution in [0, 0.1) is 0 Å². The van der Waals surface area contributed by atoms with E-state index in [-0.39, 0.29) is 17.7 Å². The van der Waals surface area contributed by atoms with Crippen LogP contribution in [0.25, 0.3) is 10.8 Å². The quantitative estimate of drug-likeness (QED) is 0.120. The number of nitrogens with zero attached hydrogens (tertiary/aromatic N) is 1. The van der Waals surface area contributed by atoms with E-state index in [1.807, 2.05) is 44.3 Å². The lowest BCUT2D eigenvalue weighted by Crippen LogP contribution is -2.38. The Hall–Kier alpha value is -4.16. The van der Waals surface area contributed by atoms with Crippen molar-refractivity contribution >= 4 is 22.6 Å². The van der Waals surface area contributed by atoms with E-state index in [4.69, 9.17) is 4.74 Å². The summed E-state index contributed by atoms with van der Waals surface area (Å²) in [6.07, 6.45) is 33.3. The molecule has 0 saturated carbocycles. The number of hydrogen-bond donors (Lipinski definition) is 2. The number of carbonyl (C=O) groups excluding carboxylic acids is 2. The summed E-state index contributed by atoms with van der Waals surface area (Å²) in [5.41, 5.74) is 0.986. The molecule has 2 aromatic carbocycles. The van der Waals surface area contributed by atoms with Crippen LogP contribution in [0.4, 0.5) is 0 Å². The Kier molecular flexibility index (Phi) is 20.8. The number of fused-ring (bicyclic) bond motifs is 1. The van der Waals surface area contributed by atoms with Crippen molar-refractivity contribution in [2.24, 2.45) is 0 Å². The highest BCUT2D eigenvalue weighted by atomic mass is 16.5. The molecule has 6 nitrogen and oxygen atoms in total. The summed E-state index contributed by atoms with van der Waals surface area (Å²) in [4.78, 5) is 27.0. The van der Waals surface area contributed by atoms with Crippen LogP contribution in [0.3, 0.4) is 0 Å². The van der Waals surface area contributed by atoms with Crippen molar-refractivity contribution in [1.82, 2.24) is 15.5 Å². The zero-order valence-corrected chi connectivity index (χ0v) is 29.1. The summed E-state index contributed by atoms with van der Waals surface area (Å²) in [7, 11) is 3.65. The maximum atomic E-state index is 12.7. The number of benzene rings is 2. The van der Waals surface area contributed by atoms with Crippen LogP contribution in [0.1, 0.15) is 76.7 Å². The highest BCUT2D eigenvalue weighted by molar-refractivity contribution is 5.88. The van der Waals surface area contributed by atoms with Crippen molar-refractivity contribution in [2.75, 3.05) is 40.3 Å². The zero-order chi connectivity index (χ0) is 34.0. The number of nitrogens with one attached hydrogen (secondary N) is 2. The summed E-state index contributed by atoms with van der Waals surface area (Å²) in [6.45, 7) is 6.67. The van der Waals surface area contributed by atoms with Gasteiger partial charge in [-0.05, 0) is 87.4 Å². The average molecular weight is 640 g/mol. The molecule has 0 heterocycles. The monoisotopic (exact) mass is 639 g/mol. The molecule has 6 heteroatoms. The Balaban J connectivity index is 1.48. The van der Waals surface area contributed by atoms with Crippen LogP contribution in [-0.2, 0) is 9.59 Å². The molecule has 0 aromatic heterocycles. The molecule has 0 spiro atoms. The zero-order valence-electron chi connectivity index (χ0n) is 29.1. The van der Waals surface area contributed by atoms with Crippen molar-refractivity contribution in [3.05, 3.63) is 115 Å². The molecule has 2 aromatic rings. The Morgan fingerprint density at radius 1 is 0.723 bits per heavy atom. The largest absolute Gasteiger partial charge is 0.497 e. The highest BCUT2D eigenvalue weighted by Crippen LogP contribution is 2.25. The van der Waals surface area contributed by atoms with Gasteiger partial charge in [0.25, 0.3) is 0 Å². The molecule has 2 rings (SSSR count). The minimum atomic E-state index is -0.243. The van der Waals surface area contributed by atoms with Crippen LogP contribution in [0.5, 0.6) is 5.75 Å². The number of carbonyl (C=O) groups is 2. The van der Waals surface area contributed by atoms with E-state index in [2.05, 4.69) is 101 Å². The lowest BCUT2D eigenvalue weighted by atomic mass is 9.97. The van der Waals surface area contributed by atoms with Crippen LogP contribution >= 0.6 is 0 Å². The third kappa shape index (κ3) is 17.9. The Morgan fingerprint density at radius 3 is 1.81 bits per heavy atom. The number of likely N-dealkylation sites (N-methyl/N-ethyl adjacent to an activating group) is 1. The second-order valence-electron chi connectivity index (χ2n) is 11.6. The number of methoxy groups -OCH3 is 1. The maximum absolute atomic E-state index is 12.7. The van der Waals surface area contributed by atoms with Crippen LogP contribution < -0.4 is 15.4 Å². The first-order valence-electron chi connectivity index (χ1n) is 17.1. The van der Waals surface area contributed by atoms with E-state index in [9.17, 15) is 9.59 Å². The molecule has 0 aliphatic rings. The predicted octanol–water partition coefficient (Wildman–Crippen LogP) is 8.59. The molecule has 0 aliphatic heterocycles. The van der Waals surface area contributed by atoms with Crippen LogP contribution in [0.15, 0.2) is 109 Å². The lowest BCUT2D eigenvalue weighted by Gasteiger charge is -2.18. The fourth-order valence-corrected chi connectivity index (χ4v) is 4.75. The SMILES string of the molecule is CC/C=C\C/C=C\C/C=C\C/C=C\C/C=C\C/C=C\CCC(=O)NCCN(C)CCNC(=O)[C@@H](C)c1ccc2cc(OC)ccc2c1. The fraction of sp³-hybridized carbons (Fsp3) is 0.415. The molecule has 1 atom stereocenters. The van der Waals surface area contributed by atoms with E-state index in [0.717, 1.165) is 73.6 Å². The third-order valence-electron chi connectivity index (χ3n) is 7.71. The molecule has 0 bridgehead atoms. The van der Waals surface area contributed by atoms with Gasteiger partial charge < -0.3 is 20.3 Å². The topological polar surface area (TPSA) is 70.7 Å². The van der Waals surface area contributed by atoms with Gasteiger partial charge in [-0.15, -0.1) is 0 Å². The van der Waals surface area contributed by atoms with E-state index in [1.165, 1.54) is 0 Å². The number of amides is 2. The van der Waals surface area contributed by atoms with Crippen LogP contribution in [0.2, 0.25) is 0 Å². The smallest absolute Gasteiger partial charge is 0.227 e.